The first-order valence-corrected chi connectivity index (χ1v) is 9.47. The van der Waals surface area contributed by atoms with Crippen molar-refractivity contribution in [3.05, 3.63) is 9.81 Å². The number of hydrogen-bond donors (Lipinski definition) is 0. The number of rotatable bonds is 4. The minimum absolute atomic E-state index is 0.0340. The van der Waals surface area contributed by atoms with E-state index in [9.17, 15) is 9.59 Å². The fraction of sp³-hybridized carbons (Fsp3) is 0.733. The first-order valence-electron chi connectivity index (χ1n) is 7.71. The molecule has 0 bridgehead atoms. The Hall–Kier alpha value is -0.700. The van der Waals surface area contributed by atoms with Gasteiger partial charge in [-0.05, 0) is 34.9 Å². The van der Waals surface area contributed by atoms with Gasteiger partial charge in [0.05, 0.1) is 27.7 Å². The number of carbonyl (C=O) groups excluding carboxylic acids is 2. The second-order valence-electron chi connectivity index (χ2n) is 5.82. The van der Waals surface area contributed by atoms with Gasteiger partial charge in [0.25, 0.3) is 0 Å². The average Bonchev–Trinajstić information content (AvgIpc) is 2.88. The van der Waals surface area contributed by atoms with Gasteiger partial charge in [-0.25, -0.2) is 9.59 Å². The highest BCUT2D eigenvalue weighted by Gasteiger charge is 2.44. The summed E-state index contributed by atoms with van der Waals surface area (Å²) in [5.41, 5.74) is 0.0340. The molecule has 0 radical (unpaired) electrons. The van der Waals surface area contributed by atoms with Gasteiger partial charge in [-0.3, -0.25) is 9.80 Å². The molecule has 6 nitrogen and oxygen atoms in total. The van der Waals surface area contributed by atoms with Crippen LogP contribution in [0.25, 0.3) is 0 Å². The zero-order valence-electron chi connectivity index (χ0n) is 14.2. The van der Waals surface area contributed by atoms with E-state index in [2.05, 4.69) is 23.9 Å². The molecule has 2 heterocycles. The molecule has 130 valence electrons. The lowest BCUT2D eigenvalue weighted by Gasteiger charge is -2.39. The molecular formula is C15H24N2O4S2. The van der Waals surface area contributed by atoms with Gasteiger partial charge in [-0.2, -0.15) is 0 Å². The molecule has 2 aliphatic rings. The summed E-state index contributed by atoms with van der Waals surface area (Å²) in [5, 5.41) is 0.426. The minimum atomic E-state index is -0.600. The first kappa shape index (κ1) is 18.6. The molecule has 0 amide bonds. The summed E-state index contributed by atoms with van der Waals surface area (Å²) in [5.74, 6) is -1.20. The third-order valence-corrected chi connectivity index (χ3v) is 6.91. The number of nitrogens with zero attached hydrogens (tertiary/aromatic N) is 2. The van der Waals surface area contributed by atoms with Crippen LogP contribution in [0, 0.1) is 0 Å². The summed E-state index contributed by atoms with van der Waals surface area (Å²) in [4.78, 5) is 29.2. The van der Waals surface area contributed by atoms with Gasteiger partial charge in [-0.1, -0.05) is 23.5 Å². The monoisotopic (exact) mass is 360 g/mol. The molecule has 2 fully saturated rings. The molecule has 0 spiro atoms. The van der Waals surface area contributed by atoms with Crippen LogP contribution in [-0.2, 0) is 19.1 Å². The van der Waals surface area contributed by atoms with Crippen molar-refractivity contribution in [1.29, 1.82) is 0 Å². The SMILES string of the molecule is CCOC(=O)C(C(=O)OC(C)C)=C1SC2C(S1)N(C)CCN2C. The predicted octanol–water partition coefficient (Wildman–Crippen LogP) is 1.72. The number of fused-ring (bicyclic) bond motifs is 1. The second-order valence-corrected chi connectivity index (χ2v) is 8.33. The number of esters is 2. The molecular weight excluding hydrogens is 336 g/mol. The van der Waals surface area contributed by atoms with E-state index < -0.39 is 11.9 Å². The Morgan fingerprint density at radius 3 is 2.09 bits per heavy atom. The average molecular weight is 361 g/mol. The molecule has 0 aromatic carbocycles. The van der Waals surface area contributed by atoms with Crippen LogP contribution in [-0.4, -0.2) is 72.4 Å². The third-order valence-electron chi connectivity index (χ3n) is 3.60. The summed E-state index contributed by atoms with van der Waals surface area (Å²) in [6.07, 6.45) is -0.281. The van der Waals surface area contributed by atoms with Crippen LogP contribution in [0.4, 0.5) is 0 Å². The number of piperazine rings is 1. The molecule has 2 saturated heterocycles. The van der Waals surface area contributed by atoms with Crippen LogP contribution in [0.5, 0.6) is 0 Å². The molecule has 2 rings (SSSR count). The van der Waals surface area contributed by atoms with Crippen molar-refractivity contribution in [2.75, 3.05) is 33.8 Å². The number of likely N-dealkylation sites (N-methyl/N-ethyl adjacent to an activating group) is 2. The fourth-order valence-corrected chi connectivity index (χ4v) is 5.77. The molecule has 23 heavy (non-hydrogen) atoms. The van der Waals surface area contributed by atoms with Gasteiger partial charge in [0, 0.05) is 13.1 Å². The third kappa shape index (κ3) is 4.23. The van der Waals surface area contributed by atoms with Crippen molar-refractivity contribution in [2.45, 2.75) is 37.6 Å². The Morgan fingerprint density at radius 2 is 1.65 bits per heavy atom. The van der Waals surface area contributed by atoms with E-state index in [1.807, 2.05) is 0 Å². The second kappa shape index (κ2) is 7.92. The molecule has 8 heteroatoms. The van der Waals surface area contributed by atoms with E-state index in [-0.39, 0.29) is 29.0 Å². The Morgan fingerprint density at radius 1 is 1.13 bits per heavy atom. The van der Waals surface area contributed by atoms with Gasteiger partial charge in [0.2, 0.25) is 0 Å². The number of hydrogen-bond acceptors (Lipinski definition) is 8. The smallest absolute Gasteiger partial charge is 0.347 e. The van der Waals surface area contributed by atoms with Crippen molar-refractivity contribution in [2.24, 2.45) is 0 Å². The Bertz CT molecular complexity index is 490. The minimum Gasteiger partial charge on any atom is -0.462 e. The van der Waals surface area contributed by atoms with Crippen molar-refractivity contribution in [3.8, 4) is 0 Å². The Kier molecular flexibility index (Phi) is 6.41. The molecule has 2 aliphatic heterocycles. The van der Waals surface area contributed by atoms with Gasteiger partial charge in [0.15, 0.2) is 5.57 Å². The maximum atomic E-state index is 12.4. The Balaban J connectivity index is 2.31. The highest BCUT2D eigenvalue weighted by Crippen LogP contribution is 2.51. The van der Waals surface area contributed by atoms with E-state index in [4.69, 9.17) is 9.47 Å². The first-order chi connectivity index (χ1) is 10.8. The van der Waals surface area contributed by atoms with Crippen molar-refractivity contribution in [1.82, 2.24) is 9.80 Å². The van der Waals surface area contributed by atoms with Crippen molar-refractivity contribution < 1.29 is 19.1 Å². The van der Waals surface area contributed by atoms with Gasteiger partial charge >= 0.3 is 11.9 Å². The largest absolute Gasteiger partial charge is 0.462 e. The Labute approximate surface area is 145 Å². The van der Waals surface area contributed by atoms with Crippen LogP contribution in [0.15, 0.2) is 9.81 Å². The van der Waals surface area contributed by atoms with E-state index >= 15 is 0 Å². The quantitative estimate of drug-likeness (QED) is 0.325. The molecule has 2 atom stereocenters. The van der Waals surface area contributed by atoms with Gasteiger partial charge in [-0.15, -0.1) is 0 Å². The zero-order valence-corrected chi connectivity index (χ0v) is 15.8. The van der Waals surface area contributed by atoms with Crippen LogP contribution < -0.4 is 0 Å². The van der Waals surface area contributed by atoms with Gasteiger partial charge < -0.3 is 9.47 Å². The highest BCUT2D eigenvalue weighted by atomic mass is 32.2. The topological polar surface area (TPSA) is 59.1 Å². The van der Waals surface area contributed by atoms with Gasteiger partial charge in [0.1, 0.15) is 0 Å². The van der Waals surface area contributed by atoms with Crippen LogP contribution in [0.3, 0.4) is 0 Å². The number of thioether (sulfide) groups is 2. The van der Waals surface area contributed by atoms with E-state index in [1.54, 1.807) is 44.3 Å². The molecule has 2 unspecified atom stereocenters. The maximum Gasteiger partial charge on any atom is 0.347 e. The van der Waals surface area contributed by atoms with Crippen molar-refractivity contribution in [3.63, 3.8) is 0 Å². The van der Waals surface area contributed by atoms with Crippen LogP contribution >= 0.6 is 23.5 Å². The van der Waals surface area contributed by atoms with Crippen molar-refractivity contribution >= 4 is 35.5 Å². The predicted molar refractivity (Wildman–Crippen MR) is 92.9 cm³/mol. The molecule has 0 saturated carbocycles. The lowest BCUT2D eigenvalue weighted by molar-refractivity contribution is -0.149. The highest BCUT2D eigenvalue weighted by molar-refractivity contribution is 8.26. The van der Waals surface area contributed by atoms with Crippen LogP contribution in [0.1, 0.15) is 20.8 Å². The maximum absolute atomic E-state index is 12.4. The molecule has 0 aromatic heterocycles. The summed E-state index contributed by atoms with van der Waals surface area (Å²) < 4.78 is 11.0. The zero-order chi connectivity index (χ0) is 17.1. The molecule has 0 aromatic rings. The standard InChI is InChI=1S/C15H24N2O4S2/c1-6-20-13(18)10(14(19)21-9(2)3)15-22-11-12(23-15)17(5)8-7-16(11)4/h9,11-12H,6-8H2,1-5H3. The normalized spacial score (nSPS) is 25.4. The van der Waals surface area contributed by atoms with Crippen LogP contribution in [0.2, 0.25) is 0 Å². The van der Waals surface area contributed by atoms with E-state index in [0.29, 0.717) is 4.24 Å². The lowest BCUT2D eigenvalue weighted by atomic mass is 10.3. The summed E-state index contributed by atoms with van der Waals surface area (Å²) >= 11 is 3.10. The molecule has 0 N–H and O–H groups in total. The molecule has 0 aliphatic carbocycles. The van der Waals surface area contributed by atoms with E-state index in [0.717, 1.165) is 13.1 Å². The van der Waals surface area contributed by atoms with E-state index in [1.165, 1.54) is 0 Å². The number of ether oxygens (including phenoxy) is 2. The number of carbonyl (C=O) groups is 2. The summed E-state index contributed by atoms with van der Waals surface area (Å²) in [7, 11) is 4.13. The lowest BCUT2D eigenvalue weighted by Crippen LogP contribution is -2.52. The summed E-state index contributed by atoms with van der Waals surface area (Å²) in [6.45, 7) is 7.41. The fourth-order valence-electron chi connectivity index (χ4n) is 2.39. The summed E-state index contributed by atoms with van der Waals surface area (Å²) in [6, 6.07) is 0.